The van der Waals surface area contributed by atoms with Crippen LogP contribution >= 0.6 is 11.3 Å². The van der Waals surface area contributed by atoms with Gasteiger partial charge in [-0.05, 0) is 37.6 Å². The summed E-state index contributed by atoms with van der Waals surface area (Å²) in [6.07, 6.45) is 1.01. The van der Waals surface area contributed by atoms with Crippen LogP contribution in [0.2, 0.25) is 0 Å². The van der Waals surface area contributed by atoms with E-state index in [1.54, 1.807) is 38.1 Å². The van der Waals surface area contributed by atoms with E-state index in [-0.39, 0.29) is 46.1 Å². The van der Waals surface area contributed by atoms with Crippen molar-refractivity contribution < 1.29 is 28.6 Å². The molecule has 2 aromatic heterocycles. The average molecular weight is 474 g/mol. The Hall–Kier alpha value is -4.47. The van der Waals surface area contributed by atoms with Crippen LogP contribution in [0.15, 0.2) is 46.4 Å². The van der Waals surface area contributed by atoms with Crippen molar-refractivity contribution in [1.29, 1.82) is 10.5 Å². The fourth-order valence-electron chi connectivity index (χ4n) is 3.25. The van der Waals surface area contributed by atoms with Gasteiger partial charge in [0.1, 0.15) is 28.5 Å². The summed E-state index contributed by atoms with van der Waals surface area (Å²) in [4.78, 5) is 37.0. The maximum Gasteiger partial charge on any atom is 0.348 e. The van der Waals surface area contributed by atoms with Gasteiger partial charge >= 0.3 is 11.9 Å². The number of rotatable bonds is 8. The molecule has 170 valence electrons. The van der Waals surface area contributed by atoms with E-state index in [4.69, 9.17) is 9.15 Å². The molecule has 0 aliphatic heterocycles. The Kier molecular flexibility index (Phi) is 7.42. The Morgan fingerprint density at radius 2 is 1.91 bits per heavy atom. The SMILES string of the molecule is CCOC(=O)c1sc(CC(=O)/C(C#N)=C/c2ccc(-c3ccccc3C(=O)O)o2)c(C#N)c1C. The van der Waals surface area contributed by atoms with Crippen LogP contribution in [-0.4, -0.2) is 29.4 Å². The molecular formula is C25H18N2O6S. The van der Waals surface area contributed by atoms with Crippen molar-refractivity contribution in [1.82, 2.24) is 0 Å². The third-order valence-electron chi connectivity index (χ3n) is 4.87. The molecule has 0 bridgehead atoms. The molecule has 2 heterocycles. The van der Waals surface area contributed by atoms with E-state index >= 15 is 0 Å². The molecule has 34 heavy (non-hydrogen) atoms. The zero-order valence-corrected chi connectivity index (χ0v) is 19.1. The second-order valence-electron chi connectivity index (χ2n) is 7.01. The highest BCUT2D eigenvalue weighted by Gasteiger charge is 2.23. The summed E-state index contributed by atoms with van der Waals surface area (Å²) in [6.45, 7) is 3.45. The summed E-state index contributed by atoms with van der Waals surface area (Å²) in [5.74, 6) is -1.77. The molecule has 0 saturated carbocycles. The smallest absolute Gasteiger partial charge is 0.348 e. The maximum atomic E-state index is 12.8. The van der Waals surface area contributed by atoms with Gasteiger partial charge in [-0.25, -0.2) is 9.59 Å². The van der Waals surface area contributed by atoms with Gasteiger partial charge in [-0.3, -0.25) is 4.79 Å². The van der Waals surface area contributed by atoms with Crippen LogP contribution in [0.5, 0.6) is 0 Å². The number of aromatic carboxylic acids is 1. The van der Waals surface area contributed by atoms with Gasteiger partial charge < -0.3 is 14.3 Å². The Balaban J connectivity index is 1.89. The number of ether oxygens (including phenoxy) is 1. The molecule has 9 heteroatoms. The van der Waals surface area contributed by atoms with E-state index in [9.17, 15) is 30.0 Å². The first-order chi connectivity index (χ1) is 16.3. The largest absolute Gasteiger partial charge is 0.478 e. The number of carbonyl (C=O) groups excluding carboxylic acids is 2. The van der Waals surface area contributed by atoms with Crippen LogP contribution < -0.4 is 0 Å². The highest BCUT2D eigenvalue weighted by atomic mass is 32.1. The van der Waals surface area contributed by atoms with Gasteiger partial charge in [-0.2, -0.15) is 10.5 Å². The van der Waals surface area contributed by atoms with Crippen molar-refractivity contribution in [3.63, 3.8) is 0 Å². The quantitative estimate of drug-likeness (QED) is 0.279. The minimum Gasteiger partial charge on any atom is -0.478 e. The Morgan fingerprint density at radius 3 is 2.56 bits per heavy atom. The predicted octanol–water partition coefficient (Wildman–Crippen LogP) is 4.78. The second-order valence-corrected chi connectivity index (χ2v) is 8.11. The average Bonchev–Trinajstić information content (AvgIpc) is 3.41. The van der Waals surface area contributed by atoms with Crippen molar-refractivity contribution in [2.45, 2.75) is 20.3 Å². The summed E-state index contributed by atoms with van der Waals surface area (Å²) >= 11 is 0.993. The Labute approximate surface area is 198 Å². The lowest BCUT2D eigenvalue weighted by Gasteiger charge is -2.02. The van der Waals surface area contributed by atoms with E-state index in [1.165, 1.54) is 18.2 Å². The zero-order chi connectivity index (χ0) is 24.8. The number of carboxylic acid groups (broad SMARTS) is 1. The van der Waals surface area contributed by atoms with Crippen LogP contribution in [0.1, 0.15) is 48.7 Å². The maximum absolute atomic E-state index is 12.8. The molecular weight excluding hydrogens is 456 g/mol. The lowest BCUT2D eigenvalue weighted by atomic mass is 10.0. The molecule has 1 N–H and O–H groups in total. The molecule has 0 fully saturated rings. The van der Waals surface area contributed by atoms with Gasteiger partial charge in [-0.15, -0.1) is 11.3 Å². The number of hydrogen-bond acceptors (Lipinski definition) is 8. The molecule has 0 atom stereocenters. The van der Waals surface area contributed by atoms with Gasteiger partial charge in [0.2, 0.25) is 0 Å². The Bertz CT molecular complexity index is 1400. The van der Waals surface area contributed by atoms with Crippen LogP contribution in [-0.2, 0) is 16.0 Å². The predicted molar refractivity (Wildman–Crippen MR) is 123 cm³/mol. The number of nitriles is 2. The summed E-state index contributed by atoms with van der Waals surface area (Å²) in [6, 6.07) is 13.2. The van der Waals surface area contributed by atoms with Gasteiger partial charge in [0.15, 0.2) is 5.78 Å². The van der Waals surface area contributed by atoms with Crippen molar-refractivity contribution in [2.75, 3.05) is 6.61 Å². The van der Waals surface area contributed by atoms with Crippen LogP contribution in [0, 0.1) is 29.6 Å². The summed E-state index contributed by atoms with van der Waals surface area (Å²) < 4.78 is 10.7. The van der Waals surface area contributed by atoms with Gasteiger partial charge in [0.05, 0.1) is 23.3 Å². The zero-order valence-electron chi connectivity index (χ0n) is 18.2. The number of carbonyl (C=O) groups is 3. The molecule has 0 saturated heterocycles. The number of nitrogens with zero attached hydrogens (tertiary/aromatic N) is 2. The number of Topliss-reactive ketones (excluding diaryl/α,β-unsaturated/α-hetero) is 1. The van der Waals surface area contributed by atoms with Gasteiger partial charge in [0.25, 0.3) is 0 Å². The topological polar surface area (TPSA) is 141 Å². The highest BCUT2D eigenvalue weighted by molar-refractivity contribution is 7.14. The van der Waals surface area contributed by atoms with E-state index in [0.29, 0.717) is 16.0 Å². The molecule has 3 rings (SSSR count). The third kappa shape index (κ3) is 4.96. The third-order valence-corrected chi connectivity index (χ3v) is 6.14. The van der Waals surface area contributed by atoms with Crippen molar-refractivity contribution >= 4 is 35.1 Å². The van der Waals surface area contributed by atoms with Gasteiger partial charge in [0, 0.05) is 22.9 Å². The molecule has 0 radical (unpaired) electrons. The van der Waals surface area contributed by atoms with Gasteiger partial charge in [-0.1, -0.05) is 18.2 Å². The number of ketones is 1. The summed E-state index contributed by atoms with van der Waals surface area (Å²) in [5.41, 5.74) is 0.852. The molecule has 8 nitrogen and oxygen atoms in total. The molecule has 0 amide bonds. The van der Waals surface area contributed by atoms with E-state index in [0.717, 1.165) is 11.3 Å². The van der Waals surface area contributed by atoms with E-state index in [1.807, 2.05) is 12.1 Å². The fourth-order valence-corrected chi connectivity index (χ4v) is 4.40. The molecule has 0 spiro atoms. The van der Waals surface area contributed by atoms with Crippen LogP contribution in [0.3, 0.4) is 0 Å². The monoisotopic (exact) mass is 474 g/mol. The standard InChI is InChI=1S/C25H18N2O6S/c1-3-32-25(31)23-14(2)19(13-27)22(34-23)11-20(28)15(12-26)10-16-8-9-21(33-16)17-6-4-5-7-18(17)24(29)30/h4-10H,3,11H2,1-2H3,(H,29,30)/b15-10+. The number of esters is 1. The number of carboxylic acids is 1. The first kappa shape index (κ1) is 24.2. The number of hydrogen-bond donors (Lipinski definition) is 1. The highest BCUT2D eigenvalue weighted by Crippen LogP contribution is 2.30. The number of thiophene rings is 1. The van der Waals surface area contributed by atoms with E-state index in [2.05, 4.69) is 0 Å². The molecule has 1 aromatic carbocycles. The lowest BCUT2D eigenvalue weighted by molar-refractivity contribution is -0.114. The number of allylic oxidation sites excluding steroid dienone is 1. The van der Waals surface area contributed by atoms with Crippen molar-refractivity contribution in [3.8, 4) is 23.5 Å². The van der Waals surface area contributed by atoms with E-state index < -0.39 is 17.7 Å². The minimum atomic E-state index is -1.11. The van der Waals surface area contributed by atoms with Crippen LogP contribution in [0.4, 0.5) is 0 Å². The van der Waals surface area contributed by atoms with Crippen molar-refractivity contribution in [3.05, 3.63) is 74.2 Å². The molecule has 3 aromatic rings. The number of furan rings is 1. The normalized spacial score (nSPS) is 10.9. The lowest BCUT2D eigenvalue weighted by Crippen LogP contribution is -2.05. The van der Waals surface area contributed by atoms with Crippen LogP contribution in [0.25, 0.3) is 17.4 Å². The molecule has 0 aliphatic carbocycles. The first-order valence-electron chi connectivity index (χ1n) is 10.1. The summed E-state index contributed by atoms with van der Waals surface area (Å²) in [7, 11) is 0. The number of benzene rings is 1. The Morgan fingerprint density at radius 1 is 1.18 bits per heavy atom. The molecule has 0 aliphatic rings. The fraction of sp³-hybridized carbons (Fsp3) is 0.160. The molecule has 0 unspecified atom stereocenters. The first-order valence-corrected chi connectivity index (χ1v) is 10.9. The minimum absolute atomic E-state index is 0.0541. The second kappa shape index (κ2) is 10.4. The van der Waals surface area contributed by atoms with Crippen molar-refractivity contribution in [2.24, 2.45) is 0 Å². The summed E-state index contributed by atoms with van der Waals surface area (Å²) in [5, 5.41) is 28.4.